The van der Waals surface area contributed by atoms with Gasteiger partial charge in [-0.2, -0.15) is 0 Å². The number of piperidine rings is 1. The minimum absolute atomic E-state index is 0.0989. The van der Waals surface area contributed by atoms with Crippen LogP contribution in [0.3, 0.4) is 0 Å². The Kier molecular flexibility index (Phi) is 5.79. The maximum Gasteiger partial charge on any atom is 0.164 e. The van der Waals surface area contributed by atoms with E-state index >= 15 is 0 Å². The largest absolute Gasteiger partial charge is 0.597 e. The summed E-state index contributed by atoms with van der Waals surface area (Å²) in [4.78, 5) is 17.3. The van der Waals surface area contributed by atoms with Crippen molar-refractivity contribution in [3.8, 4) is 0 Å². The average molecular weight is 552 g/mol. The predicted octanol–water partition coefficient (Wildman–Crippen LogP) is 5.94. The number of halogens is 1. The Morgan fingerprint density at radius 1 is 1.11 bits per heavy atom. The van der Waals surface area contributed by atoms with Crippen molar-refractivity contribution in [2.75, 3.05) is 18.0 Å². The molecule has 1 saturated heterocycles. The Balaban J connectivity index is 1.06. The van der Waals surface area contributed by atoms with E-state index in [9.17, 15) is 4.55 Å². The number of anilines is 1. The highest BCUT2D eigenvalue weighted by atomic mass is 35.5. The van der Waals surface area contributed by atoms with Crippen LogP contribution in [0.25, 0.3) is 0 Å². The Bertz CT molecular complexity index is 1360. The van der Waals surface area contributed by atoms with Crippen LogP contribution in [-0.4, -0.2) is 32.6 Å². The first-order valence-corrected chi connectivity index (χ1v) is 15.4. The van der Waals surface area contributed by atoms with Gasteiger partial charge in [0.15, 0.2) is 4.75 Å². The predicted molar refractivity (Wildman–Crippen MR) is 148 cm³/mol. The fourth-order valence-electron chi connectivity index (χ4n) is 6.40. The van der Waals surface area contributed by atoms with Gasteiger partial charge in [-0.1, -0.05) is 41.6 Å². The van der Waals surface area contributed by atoms with Crippen molar-refractivity contribution in [3.63, 3.8) is 0 Å². The summed E-state index contributed by atoms with van der Waals surface area (Å²) < 4.78 is 16.3. The van der Waals surface area contributed by atoms with Gasteiger partial charge in [0.1, 0.15) is 10.8 Å². The first-order chi connectivity index (χ1) is 17.9. The van der Waals surface area contributed by atoms with E-state index in [0.29, 0.717) is 5.92 Å². The molecule has 0 bridgehead atoms. The summed E-state index contributed by atoms with van der Waals surface area (Å²) in [7, 11) is 0. The molecule has 37 heavy (non-hydrogen) atoms. The standard InChI is InChI=1S/C28H30ClN5OS2/c1-27(2)19-5-3-4-18-14-28(26(23(18)19)33-37(27)35)9-12-34(13-10-28)21-15-32-22(16-31-21)36-20-8-11-30-25(24(20)29)17-6-7-17/h3-5,8,11,15-17,26,33H,6-7,9-10,12-14H2,1-2H3/t26-,37?/m1/s1. The van der Waals surface area contributed by atoms with Crippen LogP contribution in [0.1, 0.15) is 73.9 Å². The zero-order valence-corrected chi connectivity index (χ0v) is 23.4. The zero-order valence-electron chi connectivity index (χ0n) is 21.0. The number of nitrogens with zero attached hydrogens (tertiary/aromatic N) is 4. The van der Waals surface area contributed by atoms with E-state index < -0.39 is 11.4 Å². The SMILES string of the molecule is CC1(C)c2cccc3c2[C@@H](N[S+]1[O-])C1(CCN(c2cnc(Sc4ccnc(C5CC5)c4Cl)cn2)CC1)C3. The maximum atomic E-state index is 13.2. The zero-order chi connectivity index (χ0) is 25.4. The lowest BCUT2D eigenvalue weighted by Gasteiger charge is -2.46. The maximum absolute atomic E-state index is 13.2. The summed E-state index contributed by atoms with van der Waals surface area (Å²) in [6, 6.07) is 8.70. The Labute approximate surface area is 230 Å². The van der Waals surface area contributed by atoms with E-state index in [-0.39, 0.29) is 16.2 Å². The van der Waals surface area contributed by atoms with Crippen molar-refractivity contribution in [1.82, 2.24) is 19.7 Å². The lowest BCUT2D eigenvalue weighted by atomic mass is 9.72. The Hall–Kier alpha value is -1.84. The van der Waals surface area contributed by atoms with E-state index in [2.05, 4.69) is 46.7 Å². The van der Waals surface area contributed by atoms with Gasteiger partial charge in [0.2, 0.25) is 0 Å². The quantitative estimate of drug-likeness (QED) is 0.402. The van der Waals surface area contributed by atoms with Gasteiger partial charge in [-0.25, -0.2) is 9.97 Å². The van der Waals surface area contributed by atoms with Crippen molar-refractivity contribution in [3.05, 3.63) is 70.3 Å². The van der Waals surface area contributed by atoms with E-state index in [0.717, 1.165) is 58.8 Å². The fraction of sp³-hybridized carbons (Fsp3) is 0.464. The molecular weight excluding hydrogens is 522 g/mol. The van der Waals surface area contributed by atoms with Gasteiger partial charge >= 0.3 is 0 Å². The topological polar surface area (TPSA) is 77.0 Å². The van der Waals surface area contributed by atoms with Gasteiger partial charge in [0.25, 0.3) is 0 Å². The summed E-state index contributed by atoms with van der Waals surface area (Å²) in [6.45, 7) is 6.01. The molecule has 4 aliphatic rings. The van der Waals surface area contributed by atoms with Crippen molar-refractivity contribution in [2.45, 2.75) is 72.6 Å². The molecule has 7 rings (SSSR count). The van der Waals surface area contributed by atoms with Gasteiger partial charge in [0.05, 0.1) is 29.2 Å². The Morgan fingerprint density at radius 2 is 1.92 bits per heavy atom. The second-order valence-corrected chi connectivity index (χ2v) is 14.6. The summed E-state index contributed by atoms with van der Waals surface area (Å²) in [5.41, 5.74) is 5.19. The molecule has 1 saturated carbocycles. The highest BCUT2D eigenvalue weighted by Crippen LogP contribution is 2.57. The molecule has 2 aliphatic carbocycles. The van der Waals surface area contributed by atoms with Crippen LogP contribution in [-0.2, 0) is 22.5 Å². The highest BCUT2D eigenvalue weighted by molar-refractivity contribution is 7.99. The number of hydrogen-bond donors (Lipinski definition) is 1. The monoisotopic (exact) mass is 551 g/mol. The van der Waals surface area contributed by atoms with E-state index in [1.54, 1.807) is 11.8 Å². The first kappa shape index (κ1) is 24.2. The molecular formula is C28H30ClN5OS2. The summed E-state index contributed by atoms with van der Waals surface area (Å²) in [5, 5.41) is 1.59. The molecule has 1 N–H and O–H groups in total. The molecule has 1 unspecified atom stereocenters. The van der Waals surface area contributed by atoms with Crippen molar-refractivity contribution < 1.29 is 4.55 Å². The van der Waals surface area contributed by atoms with Crippen LogP contribution < -0.4 is 9.62 Å². The third-order valence-corrected chi connectivity index (χ3v) is 11.8. The van der Waals surface area contributed by atoms with E-state index in [4.69, 9.17) is 21.6 Å². The smallest absolute Gasteiger partial charge is 0.164 e. The number of rotatable bonds is 4. The second-order valence-electron chi connectivity index (χ2n) is 11.3. The molecule has 192 valence electrons. The summed E-state index contributed by atoms with van der Waals surface area (Å²) >= 11 is 7.08. The minimum Gasteiger partial charge on any atom is -0.597 e. The number of aromatic nitrogens is 3. The van der Waals surface area contributed by atoms with Gasteiger partial charge in [-0.3, -0.25) is 4.98 Å². The Morgan fingerprint density at radius 3 is 2.65 bits per heavy atom. The third-order valence-electron chi connectivity index (χ3n) is 8.73. The van der Waals surface area contributed by atoms with Gasteiger partial charge < -0.3 is 9.45 Å². The summed E-state index contributed by atoms with van der Waals surface area (Å²) in [5.74, 6) is 1.43. The van der Waals surface area contributed by atoms with Crippen molar-refractivity contribution in [2.24, 2.45) is 5.41 Å². The molecule has 2 atom stereocenters. The van der Waals surface area contributed by atoms with Crippen LogP contribution in [0, 0.1) is 5.41 Å². The van der Waals surface area contributed by atoms with Crippen molar-refractivity contribution >= 4 is 40.5 Å². The van der Waals surface area contributed by atoms with Crippen LogP contribution in [0.4, 0.5) is 5.82 Å². The van der Waals surface area contributed by atoms with Crippen LogP contribution >= 0.6 is 23.4 Å². The average Bonchev–Trinajstić information content (AvgIpc) is 3.70. The van der Waals surface area contributed by atoms with Crippen LogP contribution in [0.5, 0.6) is 0 Å². The highest BCUT2D eigenvalue weighted by Gasteiger charge is 2.56. The molecule has 1 aromatic carbocycles. The number of pyridine rings is 1. The molecule has 0 radical (unpaired) electrons. The minimum atomic E-state index is -1.10. The van der Waals surface area contributed by atoms with Crippen molar-refractivity contribution in [1.29, 1.82) is 0 Å². The fourth-order valence-corrected chi connectivity index (χ4v) is 8.80. The molecule has 2 fully saturated rings. The molecule has 4 heterocycles. The van der Waals surface area contributed by atoms with E-state index in [1.165, 1.54) is 29.5 Å². The van der Waals surface area contributed by atoms with Gasteiger partial charge in [-0.05, 0) is 63.1 Å². The molecule has 6 nitrogen and oxygen atoms in total. The molecule has 0 amide bonds. The summed E-state index contributed by atoms with van der Waals surface area (Å²) in [6.07, 6.45) is 11.0. The lowest BCUT2D eigenvalue weighted by Crippen LogP contribution is -2.52. The van der Waals surface area contributed by atoms with Gasteiger partial charge in [0, 0.05) is 52.4 Å². The third kappa shape index (κ3) is 3.98. The molecule has 9 heteroatoms. The number of hydrogen-bond acceptors (Lipinski definition) is 7. The molecule has 1 spiro atoms. The molecule has 2 aromatic heterocycles. The van der Waals surface area contributed by atoms with Crippen LogP contribution in [0.2, 0.25) is 5.02 Å². The lowest BCUT2D eigenvalue weighted by molar-refractivity contribution is 0.173. The van der Waals surface area contributed by atoms with E-state index in [1.807, 2.05) is 24.7 Å². The van der Waals surface area contributed by atoms with Gasteiger partial charge in [-0.15, -0.1) is 4.72 Å². The molecule has 3 aromatic rings. The normalized spacial score (nSPS) is 25.4. The van der Waals surface area contributed by atoms with Crippen LogP contribution in [0.15, 0.2) is 52.8 Å². The number of fused-ring (bicyclic) bond motifs is 1. The first-order valence-electron chi connectivity index (χ1n) is 13.1. The molecule has 2 aliphatic heterocycles. The number of benzene rings is 1. The second kappa shape index (κ2) is 8.85. The number of nitrogens with one attached hydrogen (secondary N) is 1.